The Kier molecular flexibility index (Phi) is 5.00. The number of benzene rings is 2. The van der Waals surface area contributed by atoms with Gasteiger partial charge in [-0.1, -0.05) is 51.8 Å². The molecule has 2 aromatic rings. The Morgan fingerprint density at radius 2 is 1.97 bits per heavy atom. The number of hydrogen-bond donors (Lipinski definition) is 1. The summed E-state index contributed by atoms with van der Waals surface area (Å²) in [6, 6.07) is 10.6. The fourth-order valence-corrected chi connectivity index (χ4v) is 6.69. The van der Waals surface area contributed by atoms with Crippen molar-refractivity contribution in [1.29, 1.82) is 0 Å². The van der Waals surface area contributed by atoms with Gasteiger partial charge in [0.2, 0.25) is 15.9 Å². The highest BCUT2D eigenvalue weighted by molar-refractivity contribution is 9.10. The zero-order chi connectivity index (χ0) is 21.8. The number of nitrogens with one attached hydrogen (secondary N) is 1. The van der Waals surface area contributed by atoms with Gasteiger partial charge in [0, 0.05) is 21.6 Å². The molecule has 2 atom stereocenters. The predicted molar refractivity (Wildman–Crippen MR) is 109 cm³/mol. The lowest BCUT2D eigenvalue weighted by atomic mass is 9.79. The van der Waals surface area contributed by atoms with Crippen LogP contribution >= 0.6 is 27.5 Å². The van der Waals surface area contributed by atoms with Crippen molar-refractivity contribution < 1.29 is 27.5 Å². The second-order valence-electron chi connectivity index (χ2n) is 6.78. The number of sulfonamides is 1. The van der Waals surface area contributed by atoms with Gasteiger partial charge in [-0.15, -0.1) is 0 Å². The van der Waals surface area contributed by atoms with Crippen LogP contribution in [-0.4, -0.2) is 37.6 Å². The van der Waals surface area contributed by atoms with Crippen molar-refractivity contribution in [2.45, 2.75) is 17.0 Å². The molecule has 1 N–H and O–H groups in total. The molecule has 2 unspecified atom stereocenters. The normalized spacial score (nSPS) is 24.7. The fourth-order valence-electron chi connectivity index (χ4n) is 3.99. The molecule has 30 heavy (non-hydrogen) atoms. The molecule has 1 fully saturated rings. The summed E-state index contributed by atoms with van der Waals surface area (Å²) < 4.78 is 33.2. The molecule has 11 heteroatoms. The third kappa shape index (κ3) is 2.74. The second-order valence-corrected chi connectivity index (χ2v) is 9.94. The van der Waals surface area contributed by atoms with Crippen molar-refractivity contribution in [3.63, 3.8) is 0 Å². The monoisotopic (exact) mass is 512 g/mol. The van der Waals surface area contributed by atoms with E-state index in [1.165, 1.54) is 24.3 Å². The number of hydrogen-bond acceptors (Lipinski definition) is 6. The summed E-state index contributed by atoms with van der Waals surface area (Å²) >= 11 is 9.57. The number of esters is 1. The van der Waals surface area contributed by atoms with Crippen LogP contribution in [-0.2, 0) is 41.2 Å². The van der Waals surface area contributed by atoms with E-state index in [0.29, 0.717) is 10.0 Å². The second kappa shape index (κ2) is 7.16. The molecule has 0 bridgehead atoms. The van der Waals surface area contributed by atoms with Crippen molar-refractivity contribution in [3.05, 3.63) is 63.1 Å². The van der Waals surface area contributed by atoms with E-state index in [1.807, 2.05) is 0 Å². The Morgan fingerprint density at radius 3 is 2.63 bits per heavy atom. The number of nitrogens with zero attached hydrogens (tertiary/aromatic N) is 1. The highest BCUT2D eigenvalue weighted by Gasteiger charge is 2.70. The molecule has 1 saturated heterocycles. The first-order valence-electron chi connectivity index (χ1n) is 8.65. The van der Waals surface area contributed by atoms with Crippen LogP contribution in [0.5, 0.6) is 0 Å². The highest BCUT2D eigenvalue weighted by Crippen LogP contribution is 2.52. The largest absolute Gasteiger partial charge is 0.468 e. The lowest BCUT2D eigenvalue weighted by Gasteiger charge is -2.34. The molecule has 2 aliphatic rings. The maximum absolute atomic E-state index is 13.5. The Balaban J connectivity index is 2.01. The van der Waals surface area contributed by atoms with Crippen LogP contribution in [0.4, 0.5) is 0 Å². The minimum Gasteiger partial charge on any atom is -0.468 e. The molecule has 0 radical (unpaired) electrons. The number of rotatable bonds is 3. The third-order valence-electron chi connectivity index (χ3n) is 5.29. The first-order valence-corrected chi connectivity index (χ1v) is 11.3. The van der Waals surface area contributed by atoms with E-state index in [0.717, 1.165) is 11.4 Å². The molecule has 2 heterocycles. The Morgan fingerprint density at radius 1 is 1.27 bits per heavy atom. The smallest absolute Gasteiger partial charge is 0.321 e. The van der Waals surface area contributed by atoms with Gasteiger partial charge in [-0.05, 0) is 23.8 Å². The summed E-state index contributed by atoms with van der Waals surface area (Å²) in [4.78, 5) is 38.2. The molecule has 2 amide bonds. The van der Waals surface area contributed by atoms with Crippen molar-refractivity contribution in [2.75, 3.05) is 7.11 Å². The van der Waals surface area contributed by atoms with Gasteiger partial charge in [0.1, 0.15) is 0 Å². The lowest BCUT2D eigenvalue weighted by molar-refractivity contribution is -0.154. The molecular weight excluding hydrogens is 500 g/mol. The van der Waals surface area contributed by atoms with Crippen LogP contribution in [0.2, 0.25) is 5.02 Å². The Hall–Kier alpha value is -2.27. The van der Waals surface area contributed by atoms with E-state index < -0.39 is 39.3 Å². The minimum absolute atomic E-state index is 0.0389. The van der Waals surface area contributed by atoms with Crippen LogP contribution in [0.15, 0.2) is 51.8 Å². The van der Waals surface area contributed by atoms with E-state index in [1.54, 1.807) is 18.2 Å². The maximum atomic E-state index is 13.5. The van der Waals surface area contributed by atoms with Gasteiger partial charge in [-0.3, -0.25) is 19.7 Å². The standard InChI is InChI=1S/C19H14BrClN2O6S/c1-29-17(25)15-16(24)22-18(26)19(15)12-4-2-3-5-14(12)30(27,28)23(19)9-10-6-7-11(20)8-13(10)21/h2-8,15H,9H2,1H3,(H,22,24,26). The molecule has 8 nitrogen and oxygen atoms in total. The number of amides is 2. The van der Waals surface area contributed by atoms with Crippen LogP contribution in [0.1, 0.15) is 11.1 Å². The van der Waals surface area contributed by atoms with Gasteiger partial charge < -0.3 is 4.74 Å². The maximum Gasteiger partial charge on any atom is 0.321 e. The lowest BCUT2D eigenvalue weighted by Crippen LogP contribution is -2.54. The zero-order valence-corrected chi connectivity index (χ0v) is 18.5. The van der Waals surface area contributed by atoms with Crippen molar-refractivity contribution in [2.24, 2.45) is 5.92 Å². The molecule has 0 saturated carbocycles. The van der Waals surface area contributed by atoms with Crippen molar-refractivity contribution in [3.8, 4) is 0 Å². The predicted octanol–water partition coefficient (Wildman–Crippen LogP) is 1.95. The molecular formula is C19H14BrClN2O6S. The summed E-state index contributed by atoms with van der Waals surface area (Å²) in [5.41, 5.74) is -1.68. The number of imide groups is 1. The first-order chi connectivity index (χ1) is 14.1. The number of fused-ring (bicyclic) bond motifs is 2. The van der Waals surface area contributed by atoms with Gasteiger partial charge in [0.05, 0.1) is 12.0 Å². The number of carbonyl (C=O) groups excluding carboxylic acids is 3. The first kappa shape index (κ1) is 21.0. The molecule has 4 rings (SSSR count). The highest BCUT2D eigenvalue weighted by atomic mass is 79.9. The topological polar surface area (TPSA) is 110 Å². The molecule has 2 aromatic carbocycles. The van der Waals surface area contributed by atoms with Gasteiger partial charge in [0.25, 0.3) is 5.91 Å². The zero-order valence-electron chi connectivity index (χ0n) is 15.4. The summed E-state index contributed by atoms with van der Waals surface area (Å²) in [5.74, 6) is -4.56. The average Bonchev–Trinajstić information content (AvgIpc) is 3.07. The van der Waals surface area contributed by atoms with E-state index >= 15 is 0 Å². The van der Waals surface area contributed by atoms with Crippen LogP contribution in [0.3, 0.4) is 0 Å². The third-order valence-corrected chi connectivity index (χ3v) is 8.04. The Labute approximate surface area is 185 Å². The van der Waals surface area contributed by atoms with Gasteiger partial charge in [0.15, 0.2) is 11.5 Å². The molecule has 2 aliphatic heterocycles. The molecule has 0 aliphatic carbocycles. The number of halogens is 2. The van der Waals surface area contributed by atoms with Gasteiger partial charge >= 0.3 is 5.97 Å². The van der Waals surface area contributed by atoms with E-state index in [4.69, 9.17) is 16.3 Å². The van der Waals surface area contributed by atoms with Gasteiger partial charge in [-0.25, -0.2) is 8.42 Å². The molecule has 0 aromatic heterocycles. The number of methoxy groups -OCH3 is 1. The van der Waals surface area contributed by atoms with E-state index in [9.17, 15) is 22.8 Å². The summed E-state index contributed by atoms with van der Waals surface area (Å²) in [5, 5.41) is 2.36. The van der Waals surface area contributed by atoms with Crippen molar-refractivity contribution >= 4 is 55.3 Å². The van der Waals surface area contributed by atoms with Gasteiger partial charge in [-0.2, -0.15) is 4.31 Å². The summed E-state index contributed by atoms with van der Waals surface area (Å²) in [7, 11) is -3.19. The van der Waals surface area contributed by atoms with Crippen LogP contribution < -0.4 is 5.32 Å². The van der Waals surface area contributed by atoms with Crippen molar-refractivity contribution in [1.82, 2.24) is 9.62 Å². The van der Waals surface area contributed by atoms with E-state index in [-0.39, 0.29) is 22.0 Å². The van der Waals surface area contributed by atoms with Crippen LogP contribution in [0.25, 0.3) is 0 Å². The molecule has 1 spiro atoms. The fraction of sp³-hybridized carbons (Fsp3) is 0.211. The van der Waals surface area contributed by atoms with Crippen LogP contribution in [0, 0.1) is 5.92 Å². The number of ether oxygens (including phenoxy) is 1. The van der Waals surface area contributed by atoms with E-state index in [2.05, 4.69) is 21.2 Å². The molecule has 156 valence electrons. The number of carbonyl (C=O) groups is 3. The SMILES string of the molecule is COC(=O)C1C(=O)NC(=O)C12c1ccccc1S(=O)(=O)N2Cc1ccc(Br)cc1Cl. The summed E-state index contributed by atoms with van der Waals surface area (Å²) in [6.07, 6.45) is 0. The Bertz CT molecular complexity index is 1220. The quantitative estimate of drug-likeness (QED) is 0.382. The average molecular weight is 514 g/mol. The minimum atomic E-state index is -4.25. The summed E-state index contributed by atoms with van der Waals surface area (Å²) in [6.45, 7) is -0.336.